The lowest BCUT2D eigenvalue weighted by molar-refractivity contribution is 0.0514. The van der Waals surface area contributed by atoms with Gasteiger partial charge in [0, 0.05) is 38.0 Å². The molecule has 140 valence electrons. The standard InChI is InChI=1S/C20H22N4O2S/c1-14-18(27-20(22-14)24-9-2-3-10-24)19(25)23-17(15-6-11-26-12-7-15)16-5-4-8-21-13-16/h2-5,8-10,13,15,17H,6-7,11-12H2,1H3,(H,23,25). The van der Waals surface area contributed by atoms with Gasteiger partial charge in [0.25, 0.3) is 5.91 Å². The number of carbonyl (C=O) groups excluding carboxylic acids is 1. The van der Waals surface area contributed by atoms with E-state index in [0.717, 1.165) is 42.4 Å². The predicted octanol–water partition coefficient (Wildman–Crippen LogP) is 3.53. The topological polar surface area (TPSA) is 69.0 Å². The van der Waals surface area contributed by atoms with Crippen LogP contribution in [0, 0.1) is 12.8 Å². The van der Waals surface area contributed by atoms with Crippen LogP contribution in [0.25, 0.3) is 5.13 Å². The molecule has 0 aromatic carbocycles. The van der Waals surface area contributed by atoms with Crippen LogP contribution in [0.2, 0.25) is 0 Å². The molecule has 0 bridgehead atoms. The average molecular weight is 382 g/mol. The highest BCUT2D eigenvalue weighted by molar-refractivity contribution is 7.16. The molecule has 6 nitrogen and oxygen atoms in total. The fourth-order valence-electron chi connectivity index (χ4n) is 3.45. The Morgan fingerprint density at radius 3 is 2.78 bits per heavy atom. The molecule has 0 aliphatic carbocycles. The number of hydrogen-bond donors (Lipinski definition) is 1. The van der Waals surface area contributed by atoms with E-state index in [0.29, 0.717) is 10.8 Å². The lowest BCUT2D eigenvalue weighted by Crippen LogP contribution is -2.36. The first kappa shape index (κ1) is 17.9. The Morgan fingerprint density at radius 2 is 2.07 bits per heavy atom. The Morgan fingerprint density at radius 1 is 1.30 bits per heavy atom. The Balaban J connectivity index is 1.58. The molecule has 1 saturated heterocycles. The van der Waals surface area contributed by atoms with Gasteiger partial charge in [-0.2, -0.15) is 0 Å². The Labute approximate surface area is 162 Å². The zero-order valence-corrected chi connectivity index (χ0v) is 16.0. The van der Waals surface area contributed by atoms with Crippen LogP contribution in [0.15, 0.2) is 49.1 Å². The molecule has 3 aromatic rings. The first-order chi connectivity index (χ1) is 13.2. The molecule has 1 aliphatic rings. The number of thiazole rings is 1. The quantitative estimate of drug-likeness (QED) is 0.733. The van der Waals surface area contributed by atoms with Crippen LogP contribution in [0.1, 0.15) is 39.8 Å². The SMILES string of the molecule is Cc1nc(-n2cccc2)sc1C(=O)NC(c1cccnc1)C1CCOCC1. The lowest BCUT2D eigenvalue weighted by Gasteiger charge is -2.31. The Kier molecular flexibility index (Phi) is 5.31. The van der Waals surface area contributed by atoms with Crippen molar-refractivity contribution in [3.63, 3.8) is 0 Å². The second-order valence-corrected chi connectivity index (χ2v) is 7.67. The third-order valence-corrected chi connectivity index (χ3v) is 6.05. The normalized spacial score (nSPS) is 16.2. The number of carbonyl (C=O) groups is 1. The Hall–Kier alpha value is -2.51. The van der Waals surface area contributed by atoms with E-state index in [1.165, 1.54) is 11.3 Å². The molecule has 1 aliphatic heterocycles. The summed E-state index contributed by atoms with van der Waals surface area (Å²) in [5, 5.41) is 4.04. The summed E-state index contributed by atoms with van der Waals surface area (Å²) in [4.78, 5) is 22.5. The molecule has 27 heavy (non-hydrogen) atoms. The van der Waals surface area contributed by atoms with Gasteiger partial charge < -0.3 is 14.6 Å². The minimum atomic E-state index is -0.0799. The van der Waals surface area contributed by atoms with Crippen molar-refractivity contribution in [3.05, 3.63) is 65.2 Å². The first-order valence-electron chi connectivity index (χ1n) is 9.11. The smallest absolute Gasteiger partial charge is 0.263 e. The fourth-order valence-corrected chi connectivity index (χ4v) is 4.39. The zero-order valence-electron chi connectivity index (χ0n) is 15.2. The molecule has 1 unspecified atom stereocenters. The van der Waals surface area contributed by atoms with Gasteiger partial charge in [-0.25, -0.2) is 4.98 Å². The number of nitrogens with one attached hydrogen (secondary N) is 1. The van der Waals surface area contributed by atoms with Crippen molar-refractivity contribution >= 4 is 17.2 Å². The van der Waals surface area contributed by atoms with Crippen LogP contribution in [-0.2, 0) is 4.74 Å². The second-order valence-electron chi connectivity index (χ2n) is 6.69. The van der Waals surface area contributed by atoms with E-state index in [1.54, 1.807) is 6.20 Å². The van der Waals surface area contributed by atoms with Crippen molar-refractivity contribution < 1.29 is 9.53 Å². The summed E-state index contributed by atoms with van der Waals surface area (Å²) in [5.74, 6) is 0.257. The van der Waals surface area contributed by atoms with Crippen molar-refractivity contribution in [2.45, 2.75) is 25.8 Å². The molecule has 1 fully saturated rings. The van der Waals surface area contributed by atoms with Gasteiger partial charge in [0.1, 0.15) is 4.88 Å². The summed E-state index contributed by atoms with van der Waals surface area (Å²) in [6.45, 7) is 3.34. The zero-order chi connectivity index (χ0) is 18.6. The van der Waals surface area contributed by atoms with Crippen molar-refractivity contribution in [1.82, 2.24) is 19.9 Å². The average Bonchev–Trinajstić information content (AvgIpc) is 3.37. The monoisotopic (exact) mass is 382 g/mol. The molecule has 1 N–H and O–H groups in total. The van der Waals surface area contributed by atoms with E-state index < -0.39 is 0 Å². The number of pyridine rings is 1. The van der Waals surface area contributed by atoms with Crippen LogP contribution in [0.4, 0.5) is 0 Å². The summed E-state index contributed by atoms with van der Waals surface area (Å²) in [5.41, 5.74) is 1.78. The molecule has 1 amide bonds. The summed E-state index contributed by atoms with van der Waals surface area (Å²) in [6.07, 6.45) is 9.31. The predicted molar refractivity (Wildman–Crippen MR) is 104 cm³/mol. The summed E-state index contributed by atoms with van der Waals surface area (Å²) in [7, 11) is 0. The summed E-state index contributed by atoms with van der Waals surface area (Å²) in [6, 6.07) is 7.75. The van der Waals surface area contributed by atoms with Crippen LogP contribution in [-0.4, -0.2) is 33.7 Å². The van der Waals surface area contributed by atoms with Gasteiger partial charge in [-0.1, -0.05) is 17.4 Å². The number of hydrogen-bond acceptors (Lipinski definition) is 5. The van der Waals surface area contributed by atoms with Gasteiger partial charge >= 0.3 is 0 Å². The number of ether oxygens (including phenoxy) is 1. The van der Waals surface area contributed by atoms with Gasteiger partial charge in [0.15, 0.2) is 5.13 Å². The number of rotatable bonds is 5. The molecule has 4 rings (SSSR count). The highest BCUT2D eigenvalue weighted by Crippen LogP contribution is 2.31. The van der Waals surface area contributed by atoms with E-state index in [1.807, 2.05) is 54.3 Å². The van der Waals surface area contributed by atoms with E-state index in [4.69, 9.17) is 4.74 Å². The third kappa shape index (κ3) is 3.94. The molecular formula is C20H22N4O2S. The minimum absolute atomic E-state index is 0.0772. The largest absolute Gasteiger partial charge is 0.381 e. The molecule has 1 atom stereocenters. The van der Waals surface area contributed by atoms with Crippen molar-refractivity contribution in [2.24, 2.45) is 5.92 Å². The van der Waals surface area contributed by atoms with Crippen LogP contribution < -0.4 is 5.32 Å². The highest BCUT2D eigenvalue weighted by Gasteiger charge is 2.28. The number of nitrogens with zero attached hydrogens (tertiary/aromatic N) is 3. The van der Waals surface area contributed by atoms with E-state index in [2.05, 4.69) is 15.3 Å². The first-order valence-corrected chi connectivity index (χ1v) is 9.93. The molecule has 0 saturated carbocycles. The maximum atomic E-state index is 13.1. The number of aromatic nitrogens is 3. The molecule has 0 radical (unpaired) electrons. The van der Waals surface area contributed by atoms with Crippen LogP contribution >= 0.6 is 11.3 Å². The van der Waals surface area contributed by atoms with Crippen LogP contribution in [0.3, 0.4) is 0 Å². The fraction of sp³-hybridized carbons (Fsp3) is 0.350. The molecular weight excluding hydrogens is 360 g/mol. The third-order valence-electron chi connectivity index (χ3n) is 4.88. The number of aryl methyl sites for hydroxylation is 1. The van der Waals surface area contributed by atoms with Crippen LogP contribution in [0.5, 0.6) is 0 Å². The van der Waals surface area contributed by atoms with Gasteiger partial charge in [-0.3, -0.25) is 9.78 Å². The van der Waals surface area contributed by atoms with Crippen molar-refractivity contribution in [1.29, 1.82) is 0 Å². The molecule has 7 heteroatoms. The summed E-state index contributed by atoms with van der Waals surface area (Å²) < 4.78 is 7.42. The second kappa shape index (κ2) is 8.02. The van der Waals surface area contributed by atoms with Gasteiger partial charge in [0.2, 0.25) is 0 Å². The number of amides is 1. The molecule has 4 heterocycles. The Bertz CT molecular complexity index is 886. The van der Waals surface area contributed by atoms with Crippen molar-refractivity contribution in [3.8, 4) is 5.13 Å². The minimum Gasteiger partial charge on any atom is -0.381 e. The van der Waals surface area contributed by atoms with Gasteiger partial charge in [0.05, 0.1) is 11.7 Å². The maximum absolute atomic E-state index is 13.1. The maximum Gasteiger partial charge on any atom is 0.263 e. The summed E-state index contributed by atoms with van der Waals surface area (Å²) >= 11 is 1.41. The van der Waals surface area contributed by atoms with E-state index in [-0.39, 0.29) is 11.9 Å². The van der Waals surface area contributed by atoms with Gasteiger partial charge in [-0.15, -0.1) is 0 Å². The molecule has 3 aromatic heterocycles. The van der Waals surface area contributed by atoms with Crippen molar-refractivity contribution in [2.75, 3.05) is 13.2 Å². The highest BCUT2D eigenvalue weighted by atomic mass is 32.1. The van der Waals surface area contributed by atoms with E-state index >= 15 is 0 Å². The van der Waals surface area contributed by atoms with Gasteiger partial charge in [-0.05, 0) is 49.4 Å². The molecule has 0 spiro atoms. The lowest BCUT2D eigenvalue weighted by atomic mass is 9.87. The van der Waals surface area contributed by atoms with E-state index in [9.17, 15) is 4.79 Å².